The first kappa shape index (κ1) is 17.7. The highest BCUT2D eigenvalue weighted by atomic mass is 16.2. The van der Waals surface area contributed by atoms with E-state index in [-0.39, 0.29) is 23.6 Å². The molecule has 0 saturated carbocycles. The van der Waals surface area contributed by atoms with Crippen molar-refractivity contribution in [3.63, 3.8) is 0 Å². The standard InChI is InChI=1S/C19H23N3O2/c1-12(2)14-5-7-16(8-6-14)22-18(23)15-9-10-20-17(11-15)19(24)21-13(3)4/h5-13H,1-4H3,(H,21,24)(H,22,23). The molecule has 0 bridgehead atoms. The summed E-state index contributed by atoms with van der Waals surface area (Å²) in [4.78, 5) is 28.4. The predicted molar refractivity (Wildman–Crippen MR) is 95.3 cm³/mol. The maximum atomic E-state index is 12.4. The van der Waals surface area contributed by atoms with E-state index in [1.165, 1.54) is 17.8 Å². The van der Waals surface area contributed by atoms with E-state index in [0.29, 0.717) is 11.5 Å². The summed E-state index contributed by atoms with van der Waals surface area (Å²) in [6.07, 6.45) is 1.46. The Bertz CT molecular complexity index is 722. The molecule has 5 heteroatoms. The maximum Gasteiger partial charge on any atom is 0.270 e. The van der Waals surface area contributed by atoms with Crippen LogP contribution < -0.4 is 10.6 Å². The molecule has 5 nitrogen and oxygen atoms in total. The van der Waals surface area contributed by atoms with Crippen LogP contribution in [-0.4, -0.2) is 22.8 Å². The topological polar surface area (TPSA) is 71.1 Å². The van der Waals surface area contributed by atoms with Gasteiger partial charge in [-0.1, -0.05) is 26.0 Å². The normalized spacial score (nSPS) is 10.8. The largest absolute Gasteiger partial charge is 0.349 e. The van der Waals surface area contributed by atoms with E-state index >= 15 is 0 Å². The monoisotopic (exact) mass is 325 g/mol. The molecule has 0 radical (unpaired) electrons. The third kappa shape index (κ3) is 4.65. The van der Waals surface area contributed by atoms with E-state index in [1.54, 1.807) is 6.07 Å². The Labute approximate surface area is 142 Å². The van der Waals surface area contributed by atoms with E-state index < -0.39 is 0 Å². The van der Waals surface area contributed by atoms with E-state index in [9.17, 15) is 9.59 Å². The van der Waals surface area contributed by atoms with Crippen molar-refractivity contribution >= 4 is 17.5 Å². The first-order valence-electron chi connectivity index (χ1n) is 8.05. The molecular weight excluding hydrogens is 302 g/mol. The van der Waals surface area contributed by atoms with Gasteiger partial charge in [-0.05, 0) is 49.6 Å². The molecular formula is C19H23N3O2. The van der Waals surface area contributed by atoms with Gasteiger partial charge < -0.3 is 10.6 Å². The molecule has 0 atom stereocenters. The van der Waals surface area contributed by atoms with Gasteiger partial charge >= 0.3 is 0 Å². The number of pyridine rings is 1. The fourth-order valence-electron chi connectivity index (χ4n) is 2.19. The number of hydrogen-bond donors (Lipinski definition) is 2. The van der Waals surface area contributed by atoms with Gasteiger partial charge in [-0.3, -0.25) is 14.6 Å². The van der Waals surface area contributed by atoms with Crippen LogP contribution in [0.3, 0.4) is 0 Å². The van der Waals surface area contributed by atoms with Crippen LogP contribution in [0.25, 0.3) is 0 Å². The van der Waals surface area contributed by atoms with E-state index in [4.69, 9.17) is 0 Å². The first-order valence-corrected chi connectivity index (χ1v) is 8.05. The summed E-state index contributed by atoms with van der Waals surface area (Å²) < 4.78 is 0. The van der Waals surface area contributed by atoms with Crippen LogP contribution in [0.2, 0.25) is 0 Å². The van der Waals surface area contributed by atoms with Gasteiger partial charge in [-0.25, -0.2) is 0 Å². The molecule has 0 aliphatic rings. The lowest BCUT2D eigenvalue weighted by molar-refractivity contribution is 0.0938. The van der Waals surface area contributed by atoms with Gasteiger partial charge in [0.05, 0.1) is 0 Å². The number of hydrogen-bond acceptors (Lipinski definition) is 3. The van der Waals surface area contributed by atoms with Crippen molar-refractivity contribution in [1.82, 2.24) is 10.3 Å². The Morgan fingerprint density at radius 1 is 0.958 bits per heavy atom. The van der Waals surface area contributed by atoms with Crippen molar-refractivity contribution in [1.29, 1.82) is 0 Å². The molecule has 0 aliphatic carbocycles. The van der Waals surface area contributed by atoms with E-state index in [1.807, 2.05) is 38.1 Å². The zero-order valence-corrected chi connectivity index (χ0v) is 14.5. The van der Waals surface area contributed by atoms with E-state index in [2.05, 4.69) is 29.5 Å². The Morgan fingerprint density at radius 2 is 1.62 bits per heavy atom. The van der Waals surface area contributed by atoms with E-state index in [0.717, 1.165) is 5.69 Å². The predicted octanol–water partition coefficient (Wildman–Crippen LogP) is 3.60. The molecule has 2 aromatic rings. The molecule has 0 fully saturated rings. The van der Waals surface area contributed by atoms with Gasteiger partial charge in [0.2, 0.25) is 0 Å². The minimum atomic E-state index is -0.291. The number of anilines is 1. The number of amides is 2. The second kappa shape index (κ2) is 7.73. The van der Waals surface area contributed by atoms with Crippen molar-refractivity contribution in [3.05, 3.63) is 59.4 Å². The van der Waals surface area contributed by atoms with Crippen LogP contribution in [0.4, 0.5) is 5.69 Å². The molecule has 126 valence electrons. The fourth-order valence-corrected chi connectivity index (χ4v) is 2.19. The average molecular weight is 325 g/mol. The molecule has 2 N–H and O–H groups in total. The van der Waals surface area contributed by atoms with Crippen LogP contribution in [0, 0.1) is 0 Å². The Hall–Kier alpha value is -2.69. The lowest BCUT2D eigenvalue weighted by Gasteiger charge is -2.10. The molecule has 0 unspecified atom stereocenters. The number of benzene rings is 1. The number of nitrogens with one attached hydrogen (secondary N) is 2. The number of nitrogens with zero attached hydrogens (tertiary/aromatic N) is 1. The van der Waals surface area contributed by atoms with Crippen LogP contribution in [0.5, 0.6) is 0 Å². The highest BCUT2D eigenvalue weighted by molar-refractivity contribution is 6.05. The molecule has 1 aromatic heterocycles. The van der Waals surface area contributed by atoms with Crippen molar-refractivity contribution in [2.75, 3.05) is 5.32 Å². The molecule has 1 heterocycles. The molecule has 2 rings (SSSR count). The van der Waals surface area contributed by atoms with Crippen LogP contribution >= 0.6 is 0 Å². The summed E-state index contributed by atoms with van der Waals surface area (Å²) in [5, 5.41) is 5.59. The molecule has 24 heavy (non-hydrogen) atoms. The van der Waals surface area contributed by atoms with Crippen molar-refractivity contribution in [3.8, 4) is 0 Å². The lowest BCUT2D eigenvalue weighted by Crippen LogP contribution is -2.31. The summed E-state index contributed by atoms with van der Waals surface area (Å²) in [5.41, 5.74) is 2.55. The quantitative estimate of drug-likeness (QED) is 0.882. The number of carbonyl (C=O) groups is 2. The summed E-state index contributed by atoms with van der Waals surface area (Å²) in [5.74, 6) is -0.119. The summed E-state index contributed by atoms with van der Waals surface area (Å²) in [6, 6.07) is 10.8. The molecule has 0 spiro atoms. The van der Waals surface area contributed by atoms with Crippen molar-refractivity contribution in [2.24, 2.45) is 0 Å². The Balaban J connectivity index is 2.11. The zero-order valence-electron chi connectivity index (χ0n) is 14.5. The second-order valence-corrected chi connectivity index (χ2v) is 6.29. The van der Waals surface area contributed by atoms with Gasteiger partial charge in [0, 0.05) is 23.5 Å². The number of aromatic nitrogens is 1. The maximum absolute atomic E-state index is 12.4. The summed E-state index contributed by atoms with van der Waals surface area (Å²) in [6.45, 7) is 7.98. The van der Waals surface area contributed by atoms with Crippen molar-refractivity contribution in [2.45, 2.75) is 39.7 Å². The van der Waals surface area contributed by atoms with Gasteiger partial charge in [0.25, 0.3) is 11.8 Å². The van der Waals surface area contributed by atoms with Gasteiger partial charge in [0.15, 0.2) is 0 Å². The van der Waals surface area contributed by atoms with Crippen LogP contribution in [0.15, 0.2) is 42.6 Å². The number of carbonyl (C=O) groups excluding carboxylic acids is 2. The SMILES string of the molecule is CC(C)NC(=O)c1cc(C(=O)Nc2ccc(C(C)C)cc2)ccn1. The number of rotatable bonds is 5. The molecule has 2 amide bonds. The van der Waals surface area contributed by atoms with Crippen LogP contribution in [0.1, 0.15) is 60.0 Å². The summed E-state index contributed by atoms with van der Waals surface area (Å²) in [7, 11) is 0. The summed E-state index contributed by atoms with van der Waals surface area (Å²) >= 11 is 0. The highest BCUT2D eigenvalue weighted by Gasteiger charge is 2.13. The average Bonchev–Trinajstić information content (AvgIpc) is 2.54. The van der Waals surface area contributed by atoms with Gasteiger partial charge in [-0.2, -0.15) is 0 Å². The molecule has 0 saturated heterocycles. The first-order chi connectivity index (χ1) is 11.4. The van der Waals surface area contributed by atoms with Crippen molar-refractivity contribution < 1.29 is 9.59 Å². The molecule has 1 aromatic carbocycles. The Kier molecular flexibility index (Phi) is 5.68. The third-order valence-electron chi connectivity index (χ3n) is 3.51. The highest BCUT2D eigenvalue weighted by Crippen LogP contribution is 2.17. The van der Waals surface area contributed by atoms with Crippen LogP contribution in [-0.2, 0) is 0 Å². The Morgan fingerprint density at radius 3 is 2.21 bits per heavy atom. The fraction of sp³-hybridized carbons (Fsp3) is 0.316. The minimum absolute atomic E-state index is 0.0104. The minimum Gasteiger partial charge on any atom is -0.349 e. The smallest absolute Gasteiger partial charge is 0.270 e. The van der Waals surface area contributed by atoms with Gasteiger partial charge in [0.1, 0.15) is 5.69 Å². The second-order valence-electron chi connectivity index (χ2n) is 6.29. The van der Waals surface area contributed by atoms with Gasteiger partial charge in [-0.15, -0.1) is 0 Å². The lowest BCUT2D eigenvalue weighted by atomic mass is 10.0. The third-order valence-corrected chi connectivity index (χ3v) is 3.51. The zero-order chi connectivity index (χ0) is 17.7. The molecule has 0 aliphatic heterocycles.